The molecule has 1 aromatic heterocycles. The van der Waals surface area contributed by atoms with Crippen LogP contribution in [0.15, 0.2) is 12.1 Å². The maximum Gasteiger partial charge on any atom is 0.276 e. The molecular weight excluding hydrogens is 250 g/mol. The fraction of sp³-hybridized carbons (Fsp3) is 0.455. The van der Waals surface area contributed by atoms with Crippen LogP contribution in [0.5, 0.6) is 0 Å². The summed E-state index contributed by atoms with van der Waals surface area (Å²) in [7, 11) is 1.64. The molecule has 8 nitrogen and oxygen atoms in total. The third-order valence-electron chi connectivity index (χ3n) is 2.74. The Morgan fingerprint density at radius 2 is 2.32 bits per heavy atom. The number of nitrogens with zero attached hydrogens (tertiary/aromatic N) is 3. The van der Waals surface area contributed by atoms with Gasteiger partial charge in [-0.05, 0) is 12.8 Å². The minimum Gasteiger partial charge on any atom is -0.383 e. The monoisotopic (exact) mass is 265 g/mol. The lowest BCUT2D eigenvalue weighted by Crippen LogP contribution is -2.36. The first-order chi connectivity index (χ1) is 8.95. The number of nitrogen functional groups attached to an aromatic ring is 1. The van der Waals surface area contributed by atoms with E-state index in [0.29, 0.717) is 5.82 Å². The number of pyridine rings is 1. The molecule has 19 heavy (non-hydrogen) atoms. The zero-order valence-corrected chi connectivity index (χ0v) is 10.5. The quantitative estimate of drug-likeness (QED) is 0.584. The number of nitro groups is 1. The van der Waals surface area contributed by atoms with Crippen molar-refractivity contribution in [3.8, 4) is 0 Å². The summed E-state index contributed by atoms with van der Waals surface area (Å²) in [5.41, 5.74) is 5.37. The second-order valence-corrected chi connectivity index (χ2v) is 4.56. The number of aromatic nitrogens is 1. The number of carbonyl (C=O) groups excluding carboxylic acids is 1. The predicted octanol–water partition coefficient (Wildman–Crippen LogP) is 0.287. The van der Waals surface area contributed by atoms with E-state index in [1.54, 1.807) is 7.05 Å². The topological polar surface area (TPSA) is 114 Å². The van der Waals surface area contributed by atoms with Crippen molar-refractivity contribution in [3.05, 3.63) is 22.2 Å². The third kappa shape index (κ3) is 3.54. The van der Waals surface area contributed by atoms with Crippen LogP contribution in [-0.2, 0) is 4.79 Å². The van der Waals surface area contributed by atoms with Crippen LogP contribution >= 0.6 is 0 Å². The summed E-state index contributed by atoms with van der Waals surface area (Å²) >= 11 is 0. The average Bonchev–Trinajstić information content (AvgIpc) is 3.11. The number of carbonyl (C=O) groups is 1. The van der Waals surface area contributed by atoms with Gasteiger partial charge in [0.25, 0.3) is 5.69 Å². The maximum atomic E-state index is 11.6. The lowest BCUT2D eigenvalue weighted by Gasteiger charge is -2.17. The van der Waals surface area contributed by atoms with Crippen LogP contribution in [0.2, 0.25) is 0 Å². The number of hydrogen-bond donors (Lipinski definition) is 2. The van der Waals surface area contributed by atoms with E-state index in [2.05, 4.69) is 10.3 Å². The number of likely N-dealkylation sites (N-methyl/N-ethyl adjacent to an activating group) is 1. The highest BCUT2D eigenvalue weighted by molar-refractivity contribution is 5.81. The highest BCUT2D eigenvalue weighted by Gasteiger charge is 2.24. The lowest BCUT2D eigenvalue weighted by atomic mass is 10.3. The van der Waals surface area contributed by atoms with Crippen LogP contribution in [-0.4, -0.2) is 35.4 Å². The van der Waals surface area contributed by atoms with Gasteiger partial charge in [0.15, 0.2) is 0 Å². The smallest absolute Gasteiger partial charge is 0.276 e. The van der Waals surface area contributed by atoms with Crippen LogP contribution in [0.25, 0.3) is 0 Å². The molecule has 1 amide bonds. The van der Waals surface area contributed by atoms with Gasteiger partial charge >= 0.3 is 0 Å². The molecule has 0 aliphatic heterocycles. The fourth-order valence-corrected chi connectivity index (χ4v) is 1.62. The Kier molecular flexibility index (Phi) is 3.50. The minimum atomic E-state index is -0.542. The summed E-state index contributed by atoms with van der Waals surface area (Å²) in [5.74, 6) is 0.230. The van der Waals surface area contributed by atoms with Gasteiger partial charge in [-0.25, -0.2) is 4.98 Å². The van der Waals surface area contributed by atoms with Crippen LogP contribution in [0.4, 0.5) is 17.3 Å². The maximum absolute atomic E-state index is 11.6. The second kappa shape index (κ2) is 5.09. The second-order valence-electron chi connectivity index (χ2n) is 4.56. The SMILES string of the molecule is CN(CC(=O)NC1CC1)c1cc([N+](=O)[O-])cc(N)n1. The van der Waals surface area contributed by atoms with Crippen molar-refractivity contribution in [2.75, 3.05) is 24.2 Å². The zero-order chi connectivity index (χ0) is 14.0. The van der Waals surface area contributed by atoms with Gasteiger partial charge < -0.3 is 16.0 Å². The van der Waals surface area contributed by atoms with E-state index in [1.807, 2.05) is 0 Å². The summed E-state index contributed by atoms with van der Waals surface area (Å²) < 4.78 is 0. The van der Waals surface area contributed by atoms with E-state index in [0.717, 1.165) is 12.8 Å². The number of amides is 1. The summed E-state index contributed by atoms with van der Waals surface area (Å²) in [4.78, 5) is 27.3. The molecule has 0 atom stereocenters. The molecule has 0 spiro atoms. The van der Waals surface area contributed by atoms with Crippen molar-refractivity contribution >= 4 is 23.2 Å². The van der Waals surface area contributed by atoms with Crippen molar-refractivity contribution in [3.63, 3.8) is 0 Å². The molecule has 3 N–H and O–H groups in total. The summed E-state index contributed by atoms with van der Waals surface area (Å²) in [6, 6.07) is 2.76. The standard InChI is InChI=1S/C11H15N5O3/c1-15(6-11(17)13-7-2-3-7)10-5-8(16(18)19)4-9(12)14-10/h4-5,7H,2-3,6H2,1H3,(H2,12,14)(H,13,17). The van der Waals surface area contributed by atoms with Crippen molar-refractivity contribution < 1.29 is 9.72 Å². The molecule has 0 aromatic carbocycles. The lowest BCUT2D eigenvalue weighted by molar-refractivity contribution is -0.384. The van der Waals surface area contributed by atoms with Crippen LogP contribution in [0.1, 0.15) is 12.8 Å². The van der Waals surface area contributed by atoms with E-state index >= 15 is 0 Å². The molecule has 1 aliphatic rings. The molecule has 102 valence electrons. The summed E-state index contributed by atoms with van der Waals surface area (Å²) in [5, 5.41) is 13.6. The highest BCUT2D eigenvalue weighted by atomic mass is 16.6. The molecule has 1 fully saturated rings. The Bertz CT molecular complexity index is 515. The number of anilines is 2. The van der Waals surface area contributed by atoms with Gasteiger partial charge in [0.05, 0.1) is 23.6 Å². The summed E-state index contributed by atoms with van der Waals surface area (Å²) in [6.45, 7) is 0.0874. The van der Waals surface area contributed by atoms with Crippen molar-refractivity contribution in [1.29, 1.82) is 0 Å². The van der Waals surface area contributed by atoms with Gasteiger partial charge in [0.2, 0.25) is 5.91 Å². The average molecular weight is 265 g/mol. The Balaban J connectivity index is 2.06. The fourth-order valence-electron chi connectivity index (χ4n) is 1.62. The summed E-state index contributed by atoms with van der Waals surface area (Å²) in [6.07, 6.45) is 2.02. The van der Waals surface area contributed by atoms with Gasteiger partial charge in [0.1, 0.15) is 11.6 Å². The Morgan fingerprint density at radius 1 is 1.63 bits per heavy atom. The molecule has 0 radical (unpaired) electrons. The number of hydrogen-bond acceptors (Lipinski definition) is 6. The normalized spacial score (nSPS) is 13.9. The first kappa shape index (κ1) is 13.1. The number of nitrogens with one attached hydrogen (secondary N) is 1. The van der Waals surface area contributed by atoms with E-state index in [4.69, 9.17) is 5.73 Å². The predicted molar refractivity (Wildman–Crippen MR) is 69.7 cm³/mol. The Morgan fingerprint density at radius 3 is 2.89 bits per heavy atom. The van der Waals surface area contributed by atoms with Crippen LogP contribution < -0.4 is 16.0 Å². The van der Waals surface area contributed by atoms with E-state index in [9.17, 15) is 14.9 Å². The largest absolute Gasteiger partial charge is 0.383 e. The van der Waals surface area contributed by atoms with Gasteiger partial charge in [-0.1, -0.05) is 0 Å². The van der Waals surface area contributed by atoms with Gasteiger partial charge in [-0.15, -0.1) is 0 Å². The van der Waals surface area contributed by atoms with E-state index in [-0.39, 0.29) is 30.0 Å². The third-order valence-corrected chi connectivity index (χ3v) is 2.74. The number of nitrogens with two attached hydrogens (primary N) is 1. The molecule has 2 rings (SSSR count). The highest BCUT2D eigenvalue weighted by Crippen LogP contribution is 2.21. The number of rotatable bonds is 5. The van der Waals surface area contributed by atoms with Gasteiger partial charge in [-0.2, -0.15) is 0 Å². The van der Waals surface area contributed by atoms with E-state index in [1.165, 1.54) is 17.0 Å². The van der Waals surface area contributed by atoms with Gasteiger partial charge in [0, 0.05) is 13.1 Å². The van der Waals surface area contributed by atoms with Gasteiger partial charge in [-0.3, -0.25) is 14.9 Å². The van der Waals surface area contributed by atoms with Crippen LogP contribution in [0, 0.1) is 10.1 Å². The Hall–Kier alpha value is -2.38. The molecule has 1 aromatic rings. The first-order valence-corrected chi connectivity index (χ1v) is 5.88. The molecule has 0 bridgehead atoms. The molecule has 1 saturated carbocycles. The first-order valence-electron chi connectivity index (χ1n) is 5.88. The van der Waals surface area contributed by atoms with Crippen LogP contribution in [0.3, 0.4) is 0 Å². The zero-order valence-electron chi connectivity index (χ0n) is 10.5. The van der Waals surface area contributed by atoms with Crippen molar-refractivity contribution in [1.82, 2.24) is 10.3 Å². The van der Waals surface area contributed by atoms with Crippen molar-refractivity contribution in [2.24, 2.45) is 0 Å². The molecule has 0 unspecified atom stereocenters. The van der Waals surface area contributed by atoms with Crippen molar-refractivity contribution in [2.45, 2.75) is 18.9 Å². The van der Waals surface area contributed by atoms with E-state index < -0.39 is 4.92 Å². The molecule has 1 aliphatic carbocycles. The molecular formula is C11H15N5O3. The molecule has 8 heteroatoms. The molecule has 0 saturated heterocycles. The molecule has 1 heterocycles. The minimum absolute atomic E-state index is 0.0543. The Labute approximate surface area is 109 Å².